The number of aryl methyl sites for hydroxylation is 1. The van der Waals surface area contributed by atoms with Crippen LogP contribution >= 0.6 is 0 Å². The maximum absolute atomic E-state index is 12.9. The van der Waals surface area contributed by atoms with Gasteiger partial charge in [-0.15, -0.1) is 0 Å². The summed E-state index contributed by atoms with van der Waals surface area (Å²) in [5.74, 6) is -0.354. The number of benzene rings is 2. The molecule has 0 saturated carbocycles. The van der Waals surface area contributed by atoms with Crippen molar-refractivity contribution in [1.82, 2.24) is 9.62 Å². The summed E-state index contributed by atoms with van der Waals surface area (Å²) in [6.45, 7) is -0.588. The van der Waals surface area contributed by atoms with Crippen molar-refractivity contribution in [2.24, 2.45) is 0 Å². The van der Waals surface area contributed by atoms with Crippen LogP contribution in [0.15, 0.2) is 53.4 Å². The molecule has 1 fully saturated rings. The summed E-state index contributed by atoms with van der Waals surface area (Å²) in [5.41, 5.74) is 1.63. The number of hydrogen-bond acceptors (Lipinski definition) is 4. The lowest BCUT2D eigenvalue weighted by Crippen LogP contribution is -2.45. The van der Waals surface area contributed by atoms with E-state index < -0.39 is 22.7 Å². The Labute approximate surface area is 168 Å². The van der Waals surface area contributed by atoms with Crippen LogP contribution in [-0.2, 0) is 21.4 Å². The Hall–Kier alpha value is -2.52. The van der Waals surface area contributed by atoms with Gasteiger partial charge in [-0.25, -0.2) is 8.42 Å². The molecule has 1 heterocycles. The van der Waals surface area contributed by atoms with Gasteiger partial charge < -0.3 is 10.1 Å². The molecule has 1 atom stereocenters. The van der Waals surface area contributed by atoms with Crippen molar-refractivity contribution < 1.29 is 26.7 Å². The average Bonchev–Trinajstić information content (AvgIpc) is 3.18. The monoisotopic (exact) mass is 424 g/mol. The van der Waals surface area contributed by atoms with Gasteiger partial charge in [-0.3, -0.25) is 4.79 Å². The number of nitrogens with one attached hydrogen (secondary N) is 1. The highest BCUT2D eigenvalue weighted by atomic mass is 32.2. The van der Waals surface area contributed by atoms with Crippen LogP contribution in [0.25, 0.3) is 0 Å². The van der Waals surface area contributed by atoms with Gasteiger partial charge in [0.25, 0.3) is 0 Å². The van der Waals surface area contributed by atoms with E-state index in [1.165, 1.54) is 16.4 Å². The van der Waals surface area contributed by atoms with Gasteiger partial charge in [0.2, 0.25) is 15.9 Å². The number of sulfonamides is 1. The lowest BCUT2D eigenvalue weighted by atomic mass is 10.2. The molecule has 1 aliphatic rings. The first-order chi connectivity index (χ1) is 13.8. The highest BCUT2D eigenvalue weighted by molar-refractivity contribution is 7.89. The van der Waals surface area contributed by atoms with Gasteiger partial charge in [0.05, 0.1) is 4.90 Å². The Morgan fingerprint density at radius 3 is 2.45 bits per heavy atom. The smallest absolute Gasteiger partial charge is 0.387 e. The van der Waals surface area contributed by atoms with Crippen molar-refractivity contribution >= 4 is 15.9 Å². The predicted octanol–water partition coefficient (Wildman–Crippen LogP) is 3.07. The Bertz CT molecular complexity index is 947. The predicted molar refractivity (Wildman–Crippen MR) is 103 cm³/mol. The molecule has 0 unspecified atom stereocenters. The van der Waals surface area contributed by atoms with Crippen LogP contribution in [0.5, 0.6) is 5.75 Å². The first-order valence-corrected chi connectivity index (χ1v) is 10.6. The van der Waals surface area contributed by atoms with Crippen molar-refractivity contribution in [3.8, 4) is 5.75 Å². The van der Waals surface area contributed by atoms with E-state index in [1.54, 1.807) is 36.4 Å². The molecule has 9 heteroatoms. The molecular weight excluding hydrogens is 402 g/mol. The van der Waals surface area contributed by atoms with Crippen LogP contribution in [0.1, 0.15) is 24.0 Å². The lowest BCUT2D eigenvalue weighted by molar-refractivity contribution is -0.124. The fourth-order valence-electron chi connectivity index (χ4n) is 3.23. The summed E-state index contributed by atoms with van der Waals surface area (Å²) >= 11 is 0. The van der Waals surface area contributed by atoms with Crippen LogP contribution < -0.4 is 10.1 Å². The summed E-state index contributed by atoms with van der Waals surface area (Å²) in [7, 11) is -3.76. The molecule has 1 N–H and O–H groups in total. The van der Waals surface area contributed by atoms with Gasteiger partial charge in [-0.2, -0.15) is 13.1 Å². The minimum Gasteiger partial charge on any atom is -0.435 e. The molecule has 0 spiro atoms. The fraction of sp³-hybridized carbons (Fsp3) is 0.350. The normalized spacial score (nSPS) is 17.4. The van der Waals surface area contributed by atoms with E-state index in [2.05, 4.69) is 10.1 Å². The molecule has 29 heavy (non-hydrogen) atoms. The van der Waals surface area contributed by atoms with Crippen molar-refractivity contribution in [2.75, 3.05) is 6.54 Å². The highest BCUT2D eigenvalue weighted by Gasteiger charge is 2.39. The zero-order valence-electron chi connectivity index (χ0n) is 15.8. The van der Waals surface area contributed by atoms with Crippen LogP contribution in [-0.4, -0.2) is 37.8 Å². The maximum Gasteiger partial charge on any atom is 0.387 e. The molecule has 0 bridgehead atoms. The van der Waals surface area contributed by atoms with Crippen molar-refractivity contribution in [3.63, 3.8) is 0 Å². The number of nitrogens with zero attached hydrogens (tertiary/aromatic N) is 1. The van der Waals surface area contributed by atoms with E-state index in [4.69, 9.17) is 0 Å². The number of rotatable bonds is 7. The van der Waals surface area contributed by atoms with Gasteiger partial charge >= 0.3 is 6.61 Å². The standard InChI is InChI=1S/C20H22F2N2O4S/c1-14-4-10-17(11-5-14)29(26,27)24-12-2-3-18(24)19(25)23-13-15-6-8-16(9-7-15)28-20(21)22/h4-11,18,20H,2-3,12-13H2,1H3,(H,23,25)/t18-/m0/s1. The van der Waals surface area contributed by atoms with E-state index in [0.717, 1.165) is 5.56 Å². The third-order valence-corrected chi connectivity index (χ3v) is 6.67. The number of ether oxygens (including phenoxy) is 1. The van der Waals surface area contributed by atoms with Crippen molar-refractivity contribution in [1.29, 1.82) is 0 Å². The number of halogens is 2. The Morgan fingerprint density at radius 1 is 1.17 bits per heavy atom. The topological polar surface area (TPSA) is 75.7 Å². The van der Waals surface area contributed by atoms with E-state index in [1.807, 2.05) is 6.92 Å². The third-order valence-electron chi connectivity index (χ3n) is 4.75. The number of hydrogen-bond donors (Lipinski definition) is 1. The Balaban J connectivity index is 1.64. The molecule has 2 aromatic rings. The van der Waals surface area contributed by atoms with Crippen molar-refractivity contribution in [3.05, 3.63) is 59.7 Å². The third kappa shape index (κ3) is 5.10. The second kappa shape index (κ2) is 8.87. The average molecular weight is 424 g/mol. The second-order valence-corrected chi connectivity index (χ2v) is 8.72. The summed E-state index contributed by atoms with van der Waals surface area (Å²) < 4.78 is 55.8. The number of amides is 1. The molecule has 0 radical (unpaired) electrons. The van der Waals surface area contributed by atoms with Crippen LogP contribution in [0.3, 0.4) is 0 Å². The van der Waals surface area contributed by atoms with Gasteiger partial charge in [-0.05, 0) is 49.6 Å². The molecule has 2 aromatic carbocycles. The largest absolute Gasteiger partial charge is 0.435 e. The highest BCUT2D eigenvalue weighted by Crippen LogP contribution is 2.26. The minimum atomic E-state index is -3.76. The van der Waals surface area contributed by atoms with Crippen LogP contribution in [0.2, 0.25) is 0 Å². The van der Waals surface area contributed by atoms with Gasteiger partial charge in [0.15, 0.2) is 0 Å². The first kappa shape index (κ1) is 21.2. The van der Waals surface area contributed by atoms with Crippen molar-refractivity contribution in [2.45, 2.75) is 43.9 Å². The lowest BCUT2D eigenvalue weighted by Gasteiger charge is -2.23. The summed E-state index contributed by atoms with van der Waals surface area (Å²) in [4.78, 5) is 12.8. The van der Waals surface area contributed by atoms with E-state index in [9.17, 15) is 22.0 Å². The molecule has 1 aliphatic heterocycles. The molecule has 156 valence electrons. The molecule has 1 saturated heterocycles. The molecule has 0 aliphatic carbocycles. The fourth-order valence-corrected chi connectivity index (χ4v) is 4.89. The summed E-state index contributed by atoms with van der Waals surface area (Å²) in [6.07, 6.45) is 1.04. The van der Waals surface area contributed by atoms with Gasteiger partial charge in [-0.1, -0.05) is 29.8 Å². The molecule has 1 amide bonds. The Kier molecular flexibility index (Phi) is 6.49. The van der Waals surface area contributed by atoms with E-state index in [0.29, 0.717) is 18.4 Å². The van der Waals surface area contributed by atoms with Crippen LogP contribution in [0, 0.1) is 6.92 Å². The number of carbonyl (C=O) groups is 1. The van der Waals surface area contributed by atoms with Gasteiger partial charge in [0.1, 0.15) is 11.8 Å². The van der Waals surface area contributed by atoms with Gasteiger partial charge in [0, 0.05) is 13.1 Å². The number of alkyl halides is 2. The first-order valence-electron chi connectivity index (χ1n) is 9.17. The summed E-state index contributed by atoms with van der Waals surface area (Å²) in [6, 6.07) is 11.7. The molecule has 0 aromatic heterocycles. The minimum absolute atomic E-state index is 0.0289. The molecule has 6 nitrogen and oxygen atoms in total. The second-order valence-electron chi connectivity index (χ2n) is 6.83. The summed E-state index contributed by atoms with van der Waals surface area (Å²) in [5, 5.41) is 2.73. The number of carbonyl (C=O) groups excluding carboxylic acids is 1. The molecule has 3 rings (SSSR count). The maximum atomic E-state index is 12.9. The van der Waals surface area contributed by atoms with E-state index >= 15 is 0 Å². The zero-order valence-corrected chi connectivity index (χ0v) is 16.7. The van der Waals surface area contributed by atoms with E-state index in [-0.39, 0.29) is 29.6 Å². The van der Waals surface area contributed by atoms with Crippen LogP contribution in [0.4, 0.5) is 8.78 Å². The quantitative estimate of drug-likeness (QED) is 0.741. The SMILES string of the molecule is Cc1ccc(S(=O)(=O)N2CCC[C@H]2C(=O)NCc2ccc(OC(F)F)cc2)cc1. The zero-order chi connectivity index (χ0) is 21.0. The molecular formula is C20H22F2N2O4S. The Morgan fingerprint density at radius 2 is 1.83 bits per heavy atom.